The van der Waals surface area contributed by atoms with E-state index in [1.54, 1.807) is 68.2 Å². The standard InChI is InChI=1S/C29H33FN6O6/c1-29(2,3)41-28(38)33-20(17-37)15-24-34-26(35-42-24)18-7-9-21(10-8-18)40-27-22(30)14-19(16-31-27)23-11-12-32-36(23)25-6-4-5-13-39-25/h7-12,14,16,20,25,37H,4-6,13,15,17H2,1-3H3,(H,33,38)/t20-,25?/m0/s1. The van der Waals surface area contributed by atoms with E-state index in [0.717, 1.165) is 25.0 Å². The fourth-order valence-corrected chi connectivity index (χ4v) is 4.41. The molecule has 1 aromatic carbocycles. The number of hydrogen-bond donors (Lipinski definition) is 2. The molecule has 4 aromatic rings. The molecule has 2 N–H and O–H groups in total. The van der Waals surface area contributed by atoms with E-state index in [4.69, 9.17) is 18.7 Å². The average Bonchev–Trinajstić information content (AvgIpc) is 3.64. The van der Waals surface area contributed by atoms with Crippen LogP contribution >= 0.6 is 0 Å². The lowest BCUT2D eigenvalue weighted by molar-refractivity contribution is -0.0383. The van der Waals surface area contributed by atoms with E-state index in [1.807, 2.05) is 0 Å². The number of aliphatic hydroxyl groups excluding tert-OH is 1. The predicted molar refractivity (Wildman–Crippen MR) is 148 cm³/mol. The maximum atomic E-state index is 15.0. The van der Waals surface area contributed by atoms with E-state index < -0.39 is 23.6 Å². The summed E-state index contributed by atoms with van der Waals surface area (Å²) in [6.45, 7) is 5.57. The minimum atomic E-state index is -0.669. The summed E-state index contributed by atoms with van der Waals surface area (Å²) in [5.74, 6) is 0.112. The molecule has 1 aliphatic rings. The fraction of sp³-hybridized carbons (Fsp3) is 0.414. The zero-order valence-corrected chi connectivity index (χ0v) is 23.6. The highest BCUT2D eigenvalue weighted by Gasteiger charge is 2.22. The van der Waals surface area contributed by atoms with Crippen LogP contribution < -0.4 is 10.1 Å². The molecule has 1 aliphatic heterocycles. The molecule has 42 heavy (non-hydrogen) atoms. The molecule has 222 valence electrons. The second-order valence-electron chi connectivity index (χ2n) is 10.9. The number of nitrogens with zero attached hydrogens (tertiary/aromatic N) is 5. The quantitative estimate of drug-likeness (QED) is 0.276. The van der Waals surface area contributed by atoms with Crippen LogP contribution in [0.25, 0.3) is 22.6 Å². The van der Waals surface area contributed by atoms with E-state index in [0.29, 0.717) is 29.3 Å². The summed E-state index contributed by atoms with van der Waals surface area (Å²) >= 11 is 0. The number of carbonyl (C=O) groups is 1. The van der Waals surface area contributed by atoms with Crippen LogP contribution in [0.4, 0.5) is 9.18 Å². The first-order valence-electron chi connectivity index (χ1n) is 13.7. The van der Waals surface area contributed by atoms with Crippen molar-refractivity contribution in [3.63, 3.8) is 0 Å². The van der Waals surface area contributed by atoms with E-state index in [2.05, 4.69) is 25.5 Å². The molecular weight excluding hydrogens is 547 g/mol. The molecule has 1 unspecified atom stereocenters. The number of aromatic nitrogens is 5. The van der Waals surface area contributed by atoms with Crippen LogP contribution in [0, 0.1) is 5.82 Å². The number of carbonyl (C=O) groups excluding carboxylic acids is 1. The number of rotatable bonds is 9. The Labute approximate surface area is 241 Å². The van der Waals surface area contributed by atoms with E-state index >= 15 is 4.39 Å². The van der Waals surface area contributed by atoms with Crippen LogP contribution in [0.2, 0.25) is 0 Å². The largest absolute Gasteiger partial charge is 0.444 e. The number of halogens is 1. The normalized spacial score (nSPS) is 16.2. The molecule has 12 nitrogen and oxygen atoms in total. The van der Waals surface area contributed by atoms with Crippen molar-refractivity contribution in [3.8, 4) is 34.3 Å². The molecule has 1 amide bonds. The van der Waals surface area contributed by atoms with Gasteiger partial charge in [0.25, 0.3) is 5.88 Å². The van der Waals surface area contributed by atoms with Gasteiger partial charge in [0, 0.05) is 36.5 Å². The topological polar surface area (TPSA) is 147 Å². The maximum Gasteiger partial charge on any atom is 0.407 e. The predicted octanol–water partition coefficient (Wildman–Crippen LogP) is 5.05. The SMILES string of the molecule is CC(C)(C)OC(=O)N[C@H](CO)Cc1nc(-c2ccc(Oc3ncc(-c4ccnn4C4CCCCO4)cc3F)cc2)no1. The number of amides is 1. The molecule has 0 bridgehead atoms. The van der Waals surface area contributed by atoms with Crippen molar-refractivity contribution < 1.29 is 33.0 Å². The minimum absolute atomic E-state index is 0.110. The molecule has 0 radical (unpaired) electrons. The van der Waals surface area contributed by atoms with Gasteiger partial charge in [0.15, 0.2) is 12.0 Å². The van der Waals surface area contributed by atoms with Gasteiger partial charge in [-0.1, -0.05) is 5.16 Å². The number of ether oxygens (including phenoxy) is 3. The summed E-state index contributed by atoms with van der Waals surface area (Å²) in [5.41, 5.74) is 1.24. The summed E-state index contributed by atoms with van der Waals surface area (Å²) in [6.07, 6.45) is 5.40. The van der Waals surface area contributed by atoms with Gasteiger partial charge < -0.3 is 29.2 Å². The van der Waals surface area contributed by atoms with Crippen LogP contribution in [0.1, 0.15) is 52.2 Å². The molecule has 1 saturated heterocycles. The first-order valence-corrected chi connectivity index (χ1v) is 13.7. The summed E-state index contributed by atoms with van der Waals surface area (Å²) in [4.78, 5) is 20.6. The van der Waals surface area contributed by atoms with Crippen molar-refractivity contribution in [2.45, 2.75) is 64.3 Å². The van der Waals surface area contributed by atoms with Crippen molar-refractivity contribution in [1.29, 1.82) is 0 Å². The van der Waals surface area contributed by atoms with Crippen molar-refractivity contribution in [3.05, 3.63) is 60.5 Å². The van der Waals surface area contributed by atoms with Crippen LogP contribution in [0.15, 0.2) is 53.3 Å². The highest BCUT2D eigenvalue weighted by Crippen LogP contribution is 2.31. The molecular formula is C29H33FN6O6. The first-order chi connectivity index (χ1) is 20.2. The molecule has 3 aromatic heterocycles. The van der Waals surface area contributed by atoms with Gasteiger partial charge in [-0.2, -0.15) is 10.1 Å². The van der Waals surface area contributed by atoms with E-state index in [9.17, 15) is 9.90 Å². The van der Waals surface area contributed by atoms with Gasteiger partial charge in [-0.15, -0.1) is 0 Å². The third kappa shape index (κ3) is 7.28. The summed E-state index contributed by atoms with van der Waals surface area (Å²) in [7, 11) is 0. The molecule has 13 heteroatoms. The van der Waals surface area contributed by atoms with Gasteiger partial charge in [0.1, 0.15) is 11.4 Å². The number of pyridine rings is 1. The zero-order valence-electron chi connectivity index (χ0n) is 23.6. The highest BCUT2D eigenvalue weighted by molar-refractivity contribution is 5.68. The van der Waals surface area contributed by atoms with Gasteiger partial charge in [-0.3, -0.25) is 0 Å². The van der Waals surface area contributed by atoms with Crippen molar-refractivity contribution >= 4 is 6.09 Å². The molecule has 0 spiro atoms. The number of nitrogens with one attached hydrogen (secondary N) is 1. The van der Waals surface area contributed by atoms with Crippen molar-refractivity contribution in [2.75, 3.05) is 13.2 Å². The van der Waals surface area contributed by atoms with Crippen LogP contribution in [0.3, 0.4) is 0 Å². The van der Waals surface area contributed by atoms with E-state index in [1.165, 1.54) is 6.07 Å². The van der Waals surface area contributed by atoms with E-state index in [-0.39, 0.29) is 31.0 Å². The van der Waals surface area contributed by atoms with Gasteiger partial charge in [0.2, 0.25) is 11.7 Å². The molecule has 1 fully saturated rings. The minimum Gasteiger partial charge on any atom is -0.444 e. The second kappa shape index (κ2) is 12.7. The lowest BCUT2D eigenvalue weighted by Crippen LogP contribution is -2.42. The highest BCUT2D eigenvalue weighted by atomic mass is 19.1. The monoisotopic (exact) mass is 580 g/mol. The maximum absolute atomic E-state index is 15.0. The lowest BCUT2D eigenvalue weighted by Gasteiger charge is -2.24. The Morgan fingerprint density at radius 3 is 2.71 bits per heavy atom. The Hall–Kier alpha value is -4.36. The Bertz CT molecular complexity index is 1490. The van der Waals surface area contributed by atoms with Gasteiger partial charge in [0.05, 0.1) is 18.3 Å². The summed E-state index contributed by atoms with van der Waals surface area (Å²) in [6, 6.07) is 9.17. The number of aliphatic hydroxyl groups is 1. The molecule has 0 aliphatic carbocycles. The van der Waals surface area contributed by atoms with Gasteiger partial charge in [-0.25, -0.2) is 18.9 Å². The summed E-state index contributed by atoms with van der Waals surface area (Å²) < 4.78 is 38.8. The average molecular weight is 581 g/mol. The second-order valence-corrected chi connectivity index (χ2v) is 10.9. The van der Waals surface area contributed by atoms with Crippen LogP contribution in [-0.2, 0) is 15.9 Å². The van der Waals surface area contributed by atoms with Crippen molar-refractivity contribution in [2.24, 2.45) is 0 Å². The molecule has 4 heterocycles. The third-order valence-corrected chi connectivity index (χ3v) is 6.36. The van der Waals surface area contributed by atoms with Crippen molar-refractivity contribution in [1.82, 2.24) is 30.2 Å². The van der Waals surface area contributed by atoms with Gasteiger partial charge >= 0.3 is 6.09 Å². The lowest BCUT2D eigenvalue weighted by atomic mass is 10.1. The summed E-state index contributed by atoms with van der Waals surface area (Å²) in [5, 5.41) is 20.6. The Morgan fingerprint density at radius 2 is 2.02 bits per heavy atom. The smallest absolute Gasteiger partial charge is 0.407 e. The molecule has 0 saturated carbocycles. The molecule has 2 atom stereocenters. The zero-order chi connectivity index (χ0) is 29.7. The Morgan fingerprint density at radius 1 is 1.21 bits per heavy atom. The van der Waals surface area contributed by atoms with Crippen LogP contribution in [0.5, 0.6) is 11.6 Å². The van der Waals surface area contributed by atoms with Crippen LogP contribution in [-0.4, -0.2) is 61.0 Å². The van der Waals surface area contributed by atoms with Gasteiger partial charge in [-0.05, 0) is 76.4 Å². The first kappa shape index (κ1) is 29.1. The number of alkyl carbamates (subject to hydrolysis) is 1. The number of hydrogen-bond acceptors (Lipinski definition) is 10. The third-order valence-electron chi connectivity index (χ3n) is 6.36. The number of benzene rings is 1. The Balaban J connectivity index is 1.21. The fourth-order valence-electron chi connectivity index (χ4n) is 4.41. The molecule has 5 rings (SSSR count). The Kier molecular flexibility index (Phi) is 8.78.